The van der Waals surface area contributed by atoms with Gasteiger partial charge in [-0.25, -0.2) is 9.97 Å². The summed E-state index contributed by atoms with van der Waals surface area (Å²) in [6.45, 7) is 2.77. The highest BCUT2D eigenvalue weighted by atomic mass is 16.5. The van der Waals surface area contributed by atoms with Gasteiger partial charge in [0, 0.05) is 26.1 Å². The molecule has 0 aromatic carbocycles. The third-order valence-electron chi connectivity index (χ3n) is 2.30. The van der Waals surface area contributed by atoms with Crippen LogP contribution < -0.4 is 5.32 Å². The van der Waals surface area contributed by atoms with Crippen LogP contribution in [0.15, 0.2) is 12.4 Å². The molecule has 0 saturated heterocycles. The largest absolute Gasteiger partial charge is 0.385 e. The maximum Gasteiger partial charge on any atom is 0.145 e. The van der Waals surface area contributed by atoms with E-state index < -0.39 is 0 Å². The molecule has 0 saturated carbocycles. The van der Waals surface area contributed by atoms with E-state index in [4.69, 9.17) is 4.74 Å². The smallest absolute Gasteiger partial charge is 0.145 e. The first kappa shape index (κ1) is 12.1. The van der Waals surface area contributed by atoms with Gasteiger partial charge in [-0.3, -0.25) is 0 Å². The van der Waals surface area contributed by atoms with E-state index in [1.54, 1.807) is 7.11 Å². The van der Waals surface area contributed by atoms with Crippen LogP contribution in [0.1, 0.15) is 30.3 Å². The number of methoxy groups -OCH3 is 1. The van der Waals surface area contributed by atoms with Crippen molar-refractivity contribution in [2.24, 2.45) is 0 Å². The average Bonchev–Trinajstić information content (AvgIpc) is 2.26. The number of rotatable bonds is 6. The van der Waals surface area contributed by atoms with E-state index in [0.29, 0.717) is 0 Å². The summed E-state index contributed by atoms with van der Waals surface area (Å²) in [6.07, 6.45) is 5.71. The summed E-state index contributed by atoms with van der Waals surface area (Å²) in [5.41, 5.74) is 1.09. The summed E-state index contributed by atoms with van der Waals surface area (Å²) in [6, 6.07) is 0.223. The molecule has 15 heavy (non-hydrogen) atoms. The summed E-state index contributed by atoms with van der Waals surface area (Å²) >= 11 is 0. The van der Waals surface area contributed by atoms with Crippen LogP contribution in [0, 0.1) is 6.92 Å². The number of hydrogen-bond acceptors (Lipinski definition) is 4. The van der Waals surface area contributed by atoms with Gasteiger partial charge in [0.15, 0.2) is 0 Å². The second-order valence-corrected chi connectivity index (χ2v) is 3.59. The molecule has 1 heterocycles. The van der Waals surface area contributed by atoms with Crippen molar-refractivity contribution >= 4 is 0 Å². The van der Waals surface area contributed by atoms with Gasteiger partial charge < -0.3 is 10.1 Å². The second kappa shape index (κ2) is 6.48. The van der Waals surface area contributed by atoms with Crippen molar-refractivity contribution in [3.63, 3.8) is 0 Å². The van der Waals surface area contributed by atoms with Gasteiger partial charge in [-0.2, -0.15) is 0 Å². The molecule has 0 amide bonds. The lowest BCUT2D eigenvalue weighted by atomic mass is 10.1. The molecule has 4 nitrogen and oxygen atoms in total. The Balaban J connectivity index is 2.53. The van der Waals surface area contributed by atoms with Crippen LogP contribution in [0.25, 0.3) is 0 Å². The Hall–Kier alpha value is -1.00. The van der Waals surface area contributed by atoms with Crippen molar-refractivity contribution in [2.45, 2.75) is 25.8 Å². The molecule has 1 atom stereocenters. The maximum absolute atomic E-state index is 5.02. The lowest BCUT2D eigenvalue weighted by molar-refractivity contribution is 0.189. The molecule has 4 heteroatoms. The van der Waals surface area contributed by atoms with Crippen molar-refractivity contribution in [1.29, 1.82) is 0 Å². The van der Waals surface area contributed by atoms with Crippen LogP contribution in [-0.4, -0.2) is 30.7 Å². The van der Waals surface area contributed by atoms with E-state index >= 15 is 0 Å². The van der Waals surface area contributed by atoms with Gasteiger partial charge in [-0.1, -0.05) is 0 Å². The molecule has 0 radical (unpaired) electrons. The van der Waals surface area contributed by atoms with Crippen molar-refractivity contribution < 1.29 is 4.74 Å². The molecule has 0 bridgehead atoms. The molecule has 84 valence electrons. The van der Waals surface area contributed by atoms with E-state index in [0.717, 1.165) is 30.8 Å². The molecule has 0 spiro atoms. The average molecular weight is 209 g/mol. The van der Waals surface area contributed by atoms with Crippen LogP contribution in [0.5, 0.6) is 0 Å². The summed E-state index contributed by atoms with van der Waals surface area (Å²) in [7, 11) is 3.65. The number of aryl methyl sites for hydroxylation is 1. The Kier molecular flexibility index (Phi) is 5.21. The standard InChI is InChI=1S/C11H19N3O/c1-9-7-13-11(14-8-9)10(12-2)5-4-6-15-3/h7-8,10,12H,4-6H2,1-3H3. The molecule has 0 aliphatic carbocycles. The normalized spacial score (nSPS) is 12.7. The number of ether oxygens (including phenoxy) is 1. The molecule has 0 aliphatic rings. The van der Waals surface area contributed by atoms with Crippen LogP contribution in [0.2, 0.25) is 0 Å². The van der Waals surface area contributed by atoms with Crippen molar-refractivity contribution in [3.8, 4) is 0 Å². The first-order valence-corrected chi connectivity index (χ1v) is 5.22. The van der Waals surface area contributed by atoms with Gasteiger partial charge in [-0.05, 0) is 32.4 Å². The SMILES string of the molecule is CNC(CCCOC)c1ncc(C)cn1. The molecule has 1 rings (SSSR count). The van der Waals surface area contributed by atoms with Gasteiger partial charge >= 0.3 is 0 Å². The molecule has 0 aliphatic heterocycles. The van der Waals surface area contributed by atoms with Gasteiger partial charge in [0.25, 0.3) is 0 Å². The van der Waals surface area contributed by atoms with Crippen LogP contribution >= 0.6 is 0 Å². The fraction of sp³-hybridized carbons (Fsp3) is 0.636. The third kappa shape index (κ3) is 3.93. The predicted octanol–water partition coefficient (Wildman–Crippen LogP) is 1.47. The van der Waals surface area contributed by atoms with Crippen molar-refractivity contribution in [3.05, 3.63) is 23.8 Å². The van der Waals surface area contributed by atoms with Crippen molar-refractivity contribution in [1.82, 2.24) is 15.3 Å². The van der Waals surface area contributed by atoms with E-state index in [2.05, 4.69) is 15.3 Å². The predicted molar refractivity (Wildman–Crippen MR) is 59.7 cm³/mol. The monoisotopic (exact) mass is 209 g/mol. The molecule has 1 N–H and O–H groups in total. The number of aromatic nitrogens is 2. The Morgan fingerprint density at radius 2 is 2.07 bits per heavy atom. The quantitative estimate of drug-likeness (QED) is 0.721. The molecular weight excluding hydrogens is 190 g/mol. The van der Waals surface area contributed by atoms with E-state index in [9.17, 15) is 0 Å². The molecule has 0 fully saturated rings. The Bertz CT molecular complexity index is 274. The van der Waals surface area contributed by atoms with Crippen LogP contribution in [0.3, 0.4) is 0 Å². The van der Waals surface area contributed by atoms with Crippen LogP contribution in [0.4, 0.5) is 0 Å². The lowest BCUT2D eigenvalue weighted by Crippen LogP contribution is -2.19. The highest BCUT2D eigenvalue weighted by Crippen LogP contribution is 2.13. The second-order valence-electron chi connectivity index (χ2n) is 3.59. The van der Waals surface area contributed by atoms with Gasteiger partial charge in [-0.15, -0.1) is 0 Å². The minimum atomic E-state index is 0.223. The Morgan fingerprint density at radius 1 is 1.40 bits per heavy atom. The summed E-state index contributed by atoms with van der Waals surface area (Å²) in [4.78, 5) is 8.63. The lowest BCUT2D eigenvalue weighted by Gasteiger charge is -2.14. The van der Waals surface area contributed by atoms with E-state index in [-0.39, 0.29) is 6.04 Å². The first-order chi connectivity index (χ1) is 7.27. The van der Waals surface area contributed by atoms with Gasteiger partial charge in [0.1, 0.15) is 5.82 Å². The zero-order chi connectivity index (χ0) is 11.1. The third-order valence-corrected chi connectivity index (χ3v) is 2.30. The van der Waals surface area contributed by atoms with Gasteiger partial charge in [0.05, 0.1) is 6.04 Å². The Morgan fingerprint density at radius 3 is 2.60 bits per heavy atom. The topological polar surface area (TPSA) is 47.0 Å². The minimum absolute atomic E-state index is 0.223. The maximum atomic E-state index is 5.02. The van der Waals surface area contributed by atoms with E-state index in [1.165, 1.54) is 0 Å². The number of nitrogens with zero attached hydrogens (tertiary/aromatic N) is 2. The molecule has 1 aromatic rings. The Labute approximate surface area is 91.1 Å². The highest BCUT2D eigenvalue weighted by Gasteiger charge is 2.10. The van der Waals surface area contributed by atoms with Gasteiger partial charge in [0.2, 0.25) is 0 Å². The summed E-state index contributed by atoms with van der Waals surface area (Å²) in [5.74, 6) is 0.860. The zero-order valence-corrected chi connectivity index (χ0v) is 9.66. The number of hydrogen-bond donors (Lipinski definition) is 1. The molecule has 1 unspecified atom stereocenters. The van der Waals surface area contributed by atoms with Crippen molar-refractivity contribution in [2.75, 3.05) is 20.8 Å². The van der Waals surface area contributed by atoms with E-state index in [1.807, 2.05) is 26.4 Å². The summed E-state index contributed by atoms with van der Waals surface area (Å²) in [5, 5.41) is 3.22. The summed E-state index contributed by atoms with van der Waals surface area (Å²) < 4.78 is 5.02. The fourth-order valence-electron chi connectivity index (χ4n) is 1.42. The number of nitrogens with one attached hydrogen (secondary N) is 1. The first-order valence-electron chi connectivity index (χ1n) is 5.22. The fourth-order valence-corrected chi connectivity index (χ4v) is 1.42. The van der Waals surface area contributed by atoms with Crippen LogP contribution in [-0.2, 0) is 4.74 Å². The highest BCUT2D eigenvalue weighted by molar-refractivity contribution is 5.04. The molecule has 1 aromatic heterocycles. The molecular formula is C11H19N3O. The minimum Gasteiger partial charge on any atom is -0.385 e. The zero-order valence-electron chi connectivity index (χ0n) is 9.66.